The zero-order valence-corrected chi connectivity index (χ0v) is 12.7. The Hall–Kier alpha value is -2.77. The van der Waals surface area contributed by atoms with E-state index in [0.29, 0.717) is 29.7 Å². The van der Waals surface area contributed by atoms with E-state index in [1.54, 1.807) is 7.05 Å². The van der Waals surface area contributed by atoms with Crippen molar-refractivity contribution in [3.05, 3.63) is 50.2 Å². The molecule has 2 rings (SSSR count). The lowest BCUT2D eigenvalue weighted by Gasteiger charge is -2.14. The van der Waals surface area contributed by atoms with E-state index in [1.807, 2.05) is 13.8 Å². The van der Waals surface area contributed by atoms with E-state index in [1.165, 1.54) is 23.0 Å². The van der Waals surface area contributed by atoms with Crippen LogP contribution in [0.3, 0.4) is 0 Å². The summed E-state index contributed by atoms with van der Waals surface area (Å²) < 4.78 is 1.34. The Morgan fingerprint density at radius 3 is 2.27 bits per heavy atom. The average Bonchev–Trinajstić information content (AvgIpc) is 2.53. The summed E-state index contributed by atoms with van der Waals surface area (Å²) in [6, 6.07) is 2.99. The van der Waals surface area contributed by atoms with Gasteiger partial charge in [-0.1, -0.05) is 13.8 Å². The molecule has 1 N–H and O–H groups in total. The number of nitro benzene ring substituents is 1. The van der Waals surface area contributed by atoms with Crippen LogP contribution in [0.1, 0.15) is 25.0 Å². The molecule has 0 radical (unpaired) electrons. The molecule has 0 saturated heterocycles. The SMILES string of the molecule is CCc1cc([N+](=O)[O-])cc(CC)c1-n1cnc(NC)nc1=O. The van der Waals surface area contributed by atoms with E-state index in [9.17, 15) is 14.9 Å². The first kappa shape index (κ1) is 15.6. The fraction of sp³-hybridized carbons (Fsp3) is 0.357. The van der Waals surface area contributed by atoms with Crippen LogP contribution in [0.5, 0.6) is 0 Å². The minimum atomic E-state index is -0.474. The highest BCUT2D eigenvalue weighted by Crippen LogP contribution is 2.26. The highest BCUT2D eigenvalue weighted by Gasteiger charge is 2.17. The Morgan fingerprint density at radius 2 is 1.86 bits per heavy atom. The van der Waals surface area contributed by atoms with Crippen molar-refractivity contribution in [1.29, 1.82) is 0 Å². The summed E-state index contributed by atoms with van der Waals surface area (Å²) in [7, 11) is 1.62. The van der Waals surface area contributed by atoms with Gasteiger partial charge in [0.1, 0.15) is 6.33 Å². The lowest BCUT2D eigenvalue weighted by atomic mass is 10.0. The van der Waals surface area contributed by atoms with E-state index < -0.39 is 10.6 Å². The lowest BCUT2D eigenvalue weighted by molar-refractivity contribution is -0.385. The van der Waals surface area contributed by atoms with Crippen LogP contribution in [0.2, 0.25) is 0 Å². The average molecular weight is 303 g/mol. The molecule has 8 heteroatoms. The lowest BCUT2D eigenvalue weighted by Crippen LogP contribution is -2.25. The Morgan fingerprint density at radius 1 is 1.27 bits per heavy atom. The molecular formula is C14H17N5O3. The van der Waals surface area contributed by atoms with E-state index in [0.717, 1.165) is 0 Å². The highest BCUT2D eigenvalue weighted by molar-refractivity contribution is 5.54. The van der Waals surface area contributed by atoms with Crippen LogP contribution in [-0.4, -0.2) is 26.5 Å². The molecule has 0 aliphatic rings. The number of anilines is 1. The van der Waals surface area contributed by atoms with Crippen LogP contribution < -0.4 is 11.0 Å². The Balaban J connectivity index is 2.73. The normalized spacial score (nSPS) is 10.5. The van der Waals surface area contributed by atoms with Gasteiger partial charge in [0.05, 0.1) is 10.6 Å². The van der Waals surface area contributed by atoms with Gasteiger partial charge in [-0.3, -0.25) is 14.7 Å². The first-order valence-electron chi connectivity index (χ1n) is 6.95. The number of nitrogens with zero attached hydrogens (tertiary/aromatic N) is 4. The predicted octanol–water partition coefficient (Wildman–Crippen LogP) is 1.70. The van der Waals surface area contributed by atoms with Crippen LogP contribution >= 0.6 is 0 Å². The summed E-state index contributed by atoms with van der Waals surface area (Å²) in [5, 5.41) is 13.7. The Labute approximate surface area is 127 Å². The molecule has 1 heterocycles. The van der Waals surface area contributed by atoms with E-state index in [2.05, 4.69) is 15.3 Å². The highest BCUT2D eigenvalue weighted by atomic mass is 16.6. The van der Waals surface area contributed by atoms with Gasteiger partial charge in [0.15, 0.2) is 0 Å². The number of hydrogen-bond donors (Lipinski definition) is 1. The Kier molecular flexibility index (Phi) is 4.50. The second-order valence-corrected chi connectivity index (χ2v) is 4.66. The molecule has 0 saturated carbocycles. The minimum Gasteiger partial charge on any atom is -0.357 e. The van der Waals surface area contributed by atoms with Crippen molar-refractivity contribution in [3.8, 4) is 5.69 Å². The third-order valence-electron chi connectivity index (χ3n) is 3.39. The van der Waals surface area contributed by atoms with Gasteiger partial charge in [0.2, 0.25) is 5.95 Å². The number of benzene rings is 1. The second kappa shape index (κ2) is 6.33. The third-order valence-corrected chi connectivity index (χ3v) is 3.39. The van der Waals surface area contributed by atoms with E-state index >= 15 is 0 Å². The second-order valence-electron chi connectivity index (χ2n) is 4.66. The molecule has 0 bridgehead atoms. The molecule has 0 aliphatic carbocycles. The van der Waals surface area contributed by atoms with Gasteiger partial charge in [-0.2, -0.15) is 4.98 Å². The van der Waals surface area contributed by atoms with Gasteiger partial charge in [0.25, 0.3) is 5.69 Å². The molecule has 116 valence electrons. The standard InChI is InChI=1S/C14H17N5O3/c1-4-9-6-11(19(21)22)7-10(5-2)12(9)18-8-16-13(15-3)17-14(18)20/h6-8H,4-5H2,1-3H3,(H,15,17,20). The van der Waals surface area contributed by atoms with E-state index in [4.69, 9.17) is 0 Å². The van der Waals surface area contributed by atoms with Crippen LogP contribution in [0.25, 0.3) is 5.69 Å². The number of nitro groups is 1. The van der Waals surface area contributed by atoms with Gasteiger partial charge in [-0.15, -0.1) is 0 Å². The molecule has 8 nitrogen and oxygen atoms in total. The van der Waals surface area contributed by atoms with Crippen LogP contribution in [0.4, 0.5) is 11.6 Å². The Bertz CT molecular complexity index is 744. The summed E-state index contributed by atoms with van der Waals surface area (Å²) in [6.07, 6.45) is 2.51. The largest absolute Gasteiger partial charge is 0.357 e. The van der Waals surface area contributed by atoms with Crippen molar-refractivity contribution in [2.75, 3.05) is 12.4 Å². The number of hydrogen-bond acceptors (Lipinski definition) is 6. The van der Waals surface area contributed by atoms with E-state index in [-0.39, 0.29) is 11.6 Å². The van der Waals surface area contributed by atoms with Crippen molar-refractivity contribution in [2.24, 2.45) is 0 Å². The molecule has 0 aliphatic heterocycles. The van der Waals surface area contributed by atoms with Crippen molar-refractivity contribution in [1.82, 2.24) is 14.5 Å². The summed E-state index contributed by atoms with van der Waals surface area (Å²) in [4.78, 5) is 30.7. The zero-order chi connectivity index (χ0) is 16.3. The molecule has 1 aromatic heterocycles. The van der Waals surface area contributed by atoms with Gasteiger partial charge < -0.3 is 5.32 Å². The van der Waals surface area contributed by atoms with Gasteiger partial charge >= 0.3 is 5.69 Å². The monoisotopic (exact) mass is 303 g/mol. The molecule has 0 fully saturated rings. The smallest absolute Gasteiger partial charge is 0.356 e. The summed E-state index contributed by atoms with van der Waals surface area (Å²) in [6.45, 7) is 3.77. The maximum Gasteiger partial charge on any atom is 0.356 e. The van der Waals surface area contributed by atoms with Crippen molar-refractivity contribution < 1.29 is 4.92 Å². The van der Waals surface area contributed by atoms with Gasteiger partial charge in [-0.05, 0) is 24.0 Å². The quantitative estimate of drug-likeness (QED) is 0.666. The fourth-order valence-electron chi connectivity index (χ4n) is 2.30. The third kappa shape index (κ3) is 2.80. The molecule has 2 aromatic rings. The minimum absolute atomic E-state index is 0.0262. The van der Waals surface area contributed by atoms with Gasteiger partial charge in [-0.25, -0.2) is 9.78 Å². The molecule has 1 aromatic carbocycles. The van der Waals surface area contributed by atoms with Crippen molar-refractivity contribution in [3.63, 3.8) is 0 Å². The first-order valence-corrected chi connectivity index (χ1v) is 6.95. The van der Waals surface area contributed by atoms with Crippen molar-refractivity contribution in [2.45, 2.75) is 26.7 Å². The molecule has 0 atom stereocenters. The number of rotatable bonds is 5. The summed E-state index contributed by atoms with van der Waals surface area (Å²) >= 11 is 0. The van der Waals surface area contributed by atoms with Crippen LogP contribution in [-0.2, 0) is 12.8 Å². The topological polar surface area (TPSA) is 103 Å². The van der Waals surface area contributed by atoms with Crippen molar-refractivity contribution >= 4 is 11.6 Å². The number of non-ortho nitro benzene ring substituents is 1. The zero-order valence-electron chi connectivity index (χ0n) is 12.7. The molecule has 0 amide bonds. The first-order chi connectivity index (χ1) is 10.5. The predicted molar refractivity (Wildman–Crippen MR) is 82.6 cm³/mol. The molecule has 22 heavy (non-hydrogen) atoms. The maximum atomic E-state index is 12.2. The molecule has 0 unspecified atom stereocenters. The maximum absolute atomic E-state index is 12.2. The van der Waals surface area contributed by atoms with Crippen LogP contribution in [0, 0.1) is 10.1 Å². The summed E-state index contributed by atoms with van der Waals surface area (Å²) in [5.41, 5.74) is 1.61. The van der Waals surface area contributed by atoms with Crippen LogP contribution in [0.15, 0.2) is 23.3 Å². The number of nitrogens with one attached hydrogen (secondary N) is 1. The van der Waals surface area contributed by atoms with Gasteiger partial charge in [0, 0.05) is 19.2 Å². The fourth-order valence-corrected chi connectivity index (χ4v) is 2.30. The molecule has 0 spiro atoms. The molecular weight excluding hydrogens is 286 g/mol. The number of aromatic nitrogens is 3. The number of aryl methyl sites for hydroxylation is 2. The summed E-state index contributed by atoms with van der Waals surface area (Å²) in [5.74, 6) is 0.235.